The lowest BCUT2D eigenvalue weighted by Gasteiger charge is -2.21. The third-order valence-corrected chi connectivity index (χ3v) is 5.46. The molecule has 20 heavy (non-hydrogen) atoms. The maximum atomic E-state index is 5.40. The summed E-state index contributed by atoms with van der Waals surface area (Å²) in [5.74, 6) is 2.84. The second-order valence-electron chi connectivity index (χ2n) is 5.71. The highest BCUT2D eigenvalue weighted by molar-refractivity contribution is 8.14. The number of hydrogen-bond acceptors (Lipinski definition) is 4. The molecule has 2 aliphatic heterocycles. The Morgan fingerprint density at radius 3 is 2.95 bits per heavy atom. The van der Waals surface area contributed by atoms with Crippen molar-refractivity contribution in [1.29, 1.82) is 0 Å². The molecule has 1 saturated carbocycles. The van der Waals surface area contributed by atoms with Crippen molar-refractivity contribution in [3.05, 3.63) is 23.8 Å². The van der Waals surface area contributed by atoms with Crippen molar-refractivity contribution < 1.29 is 9.47 Å². The summed E-state index contributed by atoms with van der Waals surface area (Å²) < 4.78 is 10.7. The van der Waals surface area contributed by atoms with Gasteiger partial charge in [0.05, 0.1) is 6.54 Å². The molecular formula is C15H18N2O2S. The molecule has 106 valence electrons. The van der Waals surface area contributed by atoms with Crippen LogP contribution in [0.5, 0.6) is 11.5 Å². The molecule has 4 nitrogen and oxygen atoms in total. The molecule has 2 fully saturated rings. The smallest absolute Gasteiger partial charge is 0.231 e. The zero-order valence-corrected chi connectivity index (χ0v) is 12.2. The Kier molecular flexibility index (Phi) is 3.02. The molecule has 0 aromatic heterocycles. The van der Waals surface area contributed by atoms with Crippen LogP contribution < -0.4 is 14.8 Å². The van der Waals surface area contributed by atoms with Gasteiger partial charge in [-0.25, -0.2) is 0 Å². The van der Waals surface area contributed by atoms with Crippen LogP contribution in [-0.2, 0) is 6.54 Å². The van der Waals surface area contributed by atoms with Gasteiger partial charge >= 0.3 is 0 Å². The van der Waals surface area contributed by atoms with Crippen molar-refractivity contribution in [3.63, 3.8) is 0 Å². The lowest BCUT2D eigenvalue weighted by molar-refractivity contribution is 0.174. The van der Waals surface area contributed by atoms with Crippen LogP contribution in [-0.4, -0.2) is 23.3 Å². The predicted octanol–water partition coefficient (Wildman–Crippen LogP) is 2.92. The normalized spacial score (nSPS) is 24.5. The van der Waals surface area contributed by atoms with Crippen molar-refractivity contribution in [2.24, 2.45) is 4.99 Å². The van der Waals surface area contributed by atoms with Crippen LogP contribution in [0.3, 0.4) is 0 Å². The van der Waals surface area contributed by atoms with Crippen molar-refractivity contribution >= 4 is 16.9 Å². The Labute approximate surface area is 122 Å². The molecule has 1 saturated heterocycles. The molecule has 0 atom stereocenters. The third kappa shape index (κ3) is 2.24. The summed E-state index contributed by atoms with van der Waals surface area (Å²) in [5.41, 5.74) is 1.51. The zero-order valence-electron chi connectivity index (χ0n) is 11.4. The van der Waals surface area contributed by atoms with Crippen LogP contribution in [0, 0.1) is 0 Å². The first-order valence-corrected chi connectivity index (χ1v) is 8.16. The summed E-state index contributed by atoms with van der Waals surface area (Å²) in [6, 6.07) is 6.05. The van der Waals surface area contributed by atoms with Gasteiger partial charge in [-0.05, 0) is 30.5 Å². The molecule has 1 spiro atoms. The zero-order chi connectivity index (χ0) is 13.4. The lowest BCUT2D eigenvalue weighted by Crippen LogP contribution is -2.40. The van der Waals surface area contributed by atoms with E-state index in [2.05, 4.69) is 11.4 Å². The fourth-order valence-electron chi connectivity index (χ4n) is 3.11. The van der Waals surface area contributed by atoms with Crippen LogP contribution in [0.15, 0.2) is 23.2 Å². The van der Waals surface area contributed by atoms with Gasteiger partial charge in [-0.2, -0.15) is 0 Å². The van der Waals surface area contributed by atoms with Crippen LogP contribution >= 0.6 is 11.8 Å². The molecule has 0 amide bonds. The van der Waals surface area contributed by atoms with Crippen molar-refractivity contribution in [3.8, 4) is 11.5 Å². The second kappa shape index (κ2) is 4.88. The van der Waals surface area contributed by atoms with Crippen LogP contribution in [0.2, 0.25) is 0 Å². The number of aliphatic imine (C=N–C) groups is 1. The highest BCUT2D eigenvalue weighted by Crippen LogP contribution is 2.37. The van der Waals surface area contributed by atoms with Gasteiger partial charge in [-0.15, -0.1) is 0 Å². The molecule has 1 aromatic rings. The molecule has 0 radical (unpaired) electrons. The standard InChI is InChI=1S/C15H18N2O2S/c1-2-6-15(5-1)9-20-14(17-15)16-8-11-3-4-12-13(7-11)19-10-18-12/h3-4,7H,1-2,5-6,8-10H2,(H,16,17). The monoisotopic (exact) mass is 290 g/mol. The number of amidine groups is 1. The highest BCUT2D eigenvalue weighted by atomic mass is 32.2. The first-order chi connectivity index (χ1) is 9.83. The molecule has 4 rings (SSSR count). The summed E-state index contributed by atoms with van der Waals surface area (Å²) in [4.78, 5) is 4.71. The Balaban J connectivity index is 1.44. The fourth-order valence-corrected chi connectivity index (χ4v) is 4.33. The van der Waals surface area contributed by atoms with E-state index in [9.17, 15) is 0 Å². The first-order valence-electron chi connectivity index (χ1n) is 7.17. The molecule has 0 bridgehead atoms. The van der Waals surface area contributed by atoms with Crippen LogP contribution in [0.4, 0.5) is 0 Å². The first kappa shape index (κ1) is 12.4. The van der Waals surface area contributed by atoms with Gasteiger partial charge in [0.1, 0.15) is 0 Å². The summed E-state index contributed by atoms with van der Waals surface area (Å²) in [6.07, 6.45) is 5.29. The Morgan fingerprint density at radius 2 is 2.05 bits per heavy atom. The van der Waals surface area contributed by atoms with E-state index in [1.165, 1.54) is 31.4 Å². The molecule has 1 aromatic carbocycles. The van der Waals surface area contributed by atoms with E-state index in [1.807, 2.05) is 23.9 Å². The van der Waals surface area contributed by atoms with Gasteiger partial charge in [0.2, 0.25) is 6.79 Å². The van der Waals surface area contributed by atoms with E-state index in [0.717, 1.165) is 22.2 Å². The number of ether oxygens (including phenoxy) is 2. The van der Waals surface area contributed by atoms with Gasteiger partial charge in [-0.1, -0.05) is 30.7 Å². The Hall–Kier alpha value is -1.36. The van der Waals surface area contributed by atoms with E-state index in [-0.39, 0.29) is 0 Å². The summed E-state index contributed by atoms with van der Waals surface area (Å²) in [6.45, 7) is 1.02. The van der Waals surface area contributed by atoms with Crippen LogP contribution in [0.1, 0.15) is 31.2 Å². The van der Waals surface area contributed by atoms with E-state index in [4.69, 9.17) is 14.5 Å². The maximum Gasteiger partial charge on any atom is 0.231 e. The van der Waals surface area contributed by atoms with Crippen LogP contribution in [0.25, 0.3) is 0 Å². The lowest BCUT2D eigenvalue weighted by atomic mass is 10.0. The number of rotatable bonds is 2. The summed E-state index contributed by atoms with van der Waals surface area (Å²) in [7, 11) is 0. The number of nitrogens with one attached hydrogen (secondary N) is 1. The van der Waals surface area contributed by atoms with E-state index < -0.39 is 0 Å². The minimum absolute atomic E-state index is 0.327. The Morgan fingerprint density at radius 1 is 1.20 bits per heavy atom. The Bertz CT molecular complexity index is 553. The summed E-state index contributed by atoms with van der Waals surface area (Å²) in [5, 5.41) is 4.75. The quantitative estimate of drug-likeness (QED) is 0.909. The average Bonchev–Trinajstić information content (AvgIpc) is 3.19. The number of benzene rings is 1. The topological polar surface area (TPSA) is 42.9 Å². The minimum atomic E-state index is 0.327. The largest absolute Gasteiger partial charge is 0.454 e. The number of fused-ring (bicyclic) bond motifs is 1. The van der Waals surface area contributed by atoms with E-state index in [0.29, 0.717) is 18.9 Å². The fraction of sp³-hybridized carbons (Fsp3) is 0.533. The van der Waals surface area contributed by atoms with Gasteiger partial charge in [0, 0.05) is 11.3 Å². The molecule has 0 unspecified atom stereocenters. The van der Waals surface area contributed by atoms with Crippen molar-refractivity contribution in [2.45, 2.75) is 37.8 Å². The average molecular weight is 290 g/mol. The van der Waals surface area contributed by atoms with Gasteiger partial charge in [0.15, 0.2) is 16.7 Å². The second-order valence-corrected chi connectivity index (χ2v) is 6.67. The van der Waals surface area contributed by atoms with Gasteiger partial charge in [0.25, 0.3) is 0 Å². The van der Waals surface area contributed by atoms with Gasteiger partial charge in [-0.3, -0.25) is 4.99 Å². The number of nitrogens with zero attached hydrogens (tertiary/aromatic N) is 1. The SMILES string of the molecule is c1cc2c(cc1CN=C1NC3(CCCC3)CS1)OCO2. The molecule has 1 N–H and O–H groups in total. The van der Waals surface area contributed by atoms with Crippen molar-refractivity contribution in [1.82, 2.24) is 5.32 Å². The molecule has 5 heteroatoms. The highest BCUT2D eigenvalue weighted by Gasteiger charge is 2.39. The third-order valence-electron chi connectivity index (χ3n) is 4.26. The van der Waals surface area contributed by atoms with E-state index in [1.54, 1.807) is 0 Å². The molecule has 3 aliphatic rings. The molecule has 1 aliphatic carbocycles. The number of hydrogen-bond donors (Lipinski definition) is 1. The maximum absolute atomic E-state index is 5.40. The molecule has 2 heterocycles. The summed E-state index contributed by atoms with van der Waals surface area (Å²) >= 11 is 1.87. The predicted molar refractivity (Wildman–Crippen MR) is 80.5 cm³/mol. The van der Waals surface area contributed by atoms with E-state index >= 15 is 0 Å². The van der Waals surface area contributed by atoms with Crippen molar-refractivity contribution in [2.75, 3.05) is 12.5 Å². The number of thioether (sulfide) groups is 1. The minimum Gasteiger partial charge on any atom is -0.454 e. The van der Waals surface area contributed by atoms with Gasteiger partial charge < -0.3 is 14.8 Å². The molecular weight excluding hydrogens is 272 g/mol.